The van der Waals surface area contributed by atoms with E-state index in [0.717, 1.165) is 32.7 Å². The Morgan fingerprint density at radius 2 is 2.00 bits per heavy atom. The molecule has 5 nitrogen and oxygen atoms in total. The molecule has 26 heavy (non-hydrogen) atoms. The van der Waals surface area contributed by atoms with Crippen molar-refractivity contribution in [2.75, 3.05) is 39.2 Å². The molecule has 0 bridgehead atoms. The number of rotatable bonds is 7. The molecule has 0 radical (unpaired) electrons. The molecule has 0 aliphatic carbocycles. The monoisotopic (exact) mass is 453 g/mol. The van der Waals surface area contributed by atoms with E-state index in [9.17, 15) is 4.79 Å². The van der Waals surface area contributed by atoms with Crippen LogP contribution in [0.2, 0.25) is 0 Å². The van der Waals surface area contributed by atoms with Crippen molar-refractivity contribution in [3.8, 4) is 5.75 Å². The number of amides is 1. The summed E-state index contributed by atoms with van der Waals surface area (Å²) in [5, 5.41) is 0.706. The van der Waals surface area contributed by atoms with E-state index in [1.807, 2.05) is 44.4 Å². The number of thiophene rings is 1. The van der Waals surface area contributed by atoms with Crippen molar-refractivity contribution in [2.45, 2.75) is 6.42 Å². The van der Waals surface area contributed by atoms with Crippen LogP contribution in [0.5, 0.6) is 5.75 Å². The Morgan fingerprint density at radius 1 is 1.19 bits per heavy atom. The molecule has 0 aliphatic heterocycles. The zero-order chi connectivity index (χ0) is 18.7. The number of para-hydroxylation sites is 1. The molecule has 0 saturated carbocycles. The molecule has 0 atom stereocenters. The molecule has 8 heteroatoms. The number of carbonyl (C=O) groups excluding carboxylic acids is 1. The maximum atomic E-state index is 13.1. The topological polar surface area (TPSA) is 45.7 Å². The molecule has 0 unspecified atom stereocenters. The normalized spacial score (nSPS) is 11.3. The van der Waals surface area contributed by atoms with Gasteiger partial charge < -0.3 is 9.64 Å². The number of nitrogens with zero attached hydrogens (tertiary/aromatic N) is 3. The summed E-state index contributed by atoms with van der Waals surface area (Å²) in [5.74, 6) is 0.710. The number of aromatic nitrogens is 1. The van der Waals surface area contributed by atoms with E-state index in [1.54, 1.807) is 12.0 Å². The van der Waals surface area contributed by atoms with E-state index in [2.05, 4.69) is 20.8 Å². The summed E-state index contributed by atoms with van der Waals surface area (Å²) >= 11 is 6.39. The van der Waals surface area contributed by atoms with Crippen LogP contribution >= 0.6 is 38.6 Å². The van der Waals surface area contributed by atoms with Gasteiger partial charge in [-0.2, -0.15) is 0 Å². The van der Waals surface area contributed by atoms with Crippen molar-refractivity contribution >= 4 is 59.9 Å². The molecular formula is C18H20BrN3O2S2. The molecule has 0 N–H and O–H groups in total. The molecule has 3 aromatic rings. The quantitative estimate of drug-likeness (QED) is 0.518. The lowest BCUT2D eigenvalue weighted by molar-refractivity contribution is 0.0990. The predicted molar refractivity (Wildman–Crippen MR) is 113 cm³/mol. The molecule has 138 valence electrons. The van der Waals surface area contributed by atoms with E-state index >= 15 is 0 Å². The average molecular weight is 454 g/mol. The third-order valence-corrected chi connectivity index (χ3v) is 6.49. The van der Waals surface area contributed by atoms with Gasteiger partial charge in [-0.15, -0.1) is 11.3 Å². The first-order chi connectivity index (χ1) is 12.5. The van der Waals surface area contributed by atoms with Gasteiger partial charge >= 0.3 is 0 Å². The Bertz CT molecular complexity index is 907. The zero-order valence-corrected chi connectivity index (χ0v) is 18.1. The van der Waals surface area contributed by atoms with Crippen LogP contribution in [0, 0.1) is 0 Å². The number of hydrogen-bond acceptors (Lipinski definition) is 6. The summed E-state index contributed by atoms with van der Waals surface area (Å²) in [6, 6.07) is 9.59. The Kier molecular flexibility index (Phi) is 6.29. The van der Waals surface area contributed by atoms with Gasteiger partial charge in [0.15, 0.2) is 5.13 Å². The number of ether oxygens (including phenoxy) is 1. The Hall–Kier alpha value is -1.48. The van der Waals surface area contributed by atoms with Crippen molar-refractivity contribution in [2.24, 2.45) is 0 Å². The maximum Gasteiger partial charge on any atom is 0.270 e. The van der Waals surface area contributed by atoms with Gasteiger partial charge in [0.1, 0.15) is 11.3 Å². The van der Waals surface area contributed by atoms with Crippen LogP contribution in [0.15, 0.2) is 34.1 Å². The van der Waals surface area contributed by atoms with E-state index in [-0.39, 0.29) is 5.91 Å². The Morgan fingerprint density at radius 3 is 2.65 bits per heavy atom. The van der Waals surface area contributed by atoms with Crippen molar-refractivity contribution in [1.82, 2.24) is 9.88 Å². The summed E-state index contributed by atoms with van der Waals surface area (Å²) in [7, 11) is 5.70. The summed E-state index contributed by atoms with van der Waals surface area (Å²) in [5.41, 5.74) is 0.799. The largest absolute Gasteiger partial charge is 0.494 e. The fourth-order valence-electron chi connectivity index (χ4n) is 2.58. The highest BCUT2D eigenvalue weighted by atomic mass is 79.9. The highest BCUT2D eigenvalue weighted by Gasteiger charge is 2.23. The van der Waals surface area contributed by atoms with Gasteiger partial charge in [-0.05, 0) is 67.3 Å². The minimum atomic E-state index is -0.0162. The Balaban J connectivity index is 1.95. The number of halogens is 1. The van der Waals surface area contributed by atoms with Gasteiger partial charge in [-0.3, -0.25) is 9.69 Å². The van der Waals surface area contributed by atoms with Crippen LogP contribution in [0.3, 0.4) is 0 Å². The minimum Gasteiger partial charge on any atom is -0.494 e. The first kappa shape index (κ1) is 19.3. The molecule has 1 amide bonds. The van der Waals surface area contributed by atoms with Crippen LogP contribution < -0.4 is 9.64 Å². The Labute approximate surface area is 169 Å². The molecule has 0 saturated heterocycles. The van der Waals surface area contributed by atoms with E-state index in [1.165, 1.54) is 22.7 Å². The first-order valence-corrected chi connectivity index (χ1v) is 10.6. The minimum absolute atomic E-state index is 0.0162. The number of methoxy groups -OCH3 is 1. The van der Waals surface area contributed by atoms with E-state index in [0.29, 0.717) is 16.6 Å². The fraction of sp³-hybridized carbons (Fsp3) is 0.333. The summed E-state index contributed by atoms with van der Waals surface area (Å²) in [6.07, 6.45) is 0.873. The maximum absolute atomic E-state index is 13.1. The van der Waals surface area contributed by atoms with Gasteiger partial charge in [-0.1, -0.05) is 17.4 Å². The molecule has 3 rings (SSSR count). The molecular weight excluding hydrogens is 434 g/mol. The number of benzene rings is 1. The van der Waals surface area contributed by atoms with Gasteiger partial charge in [0, 0.05) is 6.54 Å². The second kappa shape index (κ2) is 8.47. The lowest BCUT2D eigenvalue weighted by Crippen LogP contribution is -2.32. The van der Waals surface area contributed by atoms with Gasteiger partial charge in [0.25, 0.3) is 5.91 Å². The van der Waals surface area contributed by atoms with Gasteiger partial charge in [0.2, 0.25) is 0 Å². The standard InChI is InChI=1S/C18H20BrN3O2S2/c1-21(2)10-5-11-22(17(23)14-8-9-15(19)25-14)18-20-16-12(24-3)6-4-7-13(16)26-18/h4,6-9H,5,10-11H2,1-3H3. The average Bonchev–Trinajstić information content (AvgIpc) is 3.23. The predicted octanol–water partition coefficient (Wildman–Crippen LogP) is 4.73. The number of carbonyl (C=O) groups is 1. The summed E-state index contributed by atoms with van der Waals surface area (Å²) < 4.78 is 7.37. The molecule has 2 aromatic heterocycles. The van der Waals surface area contributed by atoms with Gasteiger partial charge in [0.05, 0.1) is 20.5 Å². The van der Waals surface area contributed by atoms with Crippen LogP contribution in [-0.2, 0) is 0 Å². The zero-order valence-electron chi connectivity index (χ0n) is 14.9. The lowest BCUT2D eigenvalue weighted by atomic mass is 10.3. The van der Waals surface area contributed by atoms with Crippen LogP contribution in [0.25, 0.3) is 10.2 Å². The second-order valence-electron chi connectivity index (χ2n) is 6.02. The first-order valence-electron chi connectivity index (χ1n) is 8.15. The molecule has 0 spiro atoms. The molecule has 1 aromatic carbocycles. The van der Waals surface area contributed by atoms with E-state index in [4.69, 9.17) is 9.72 Å². The number of anilines is 1. The van der Waals surface area contributed by atoms with Crippen LogP contribution in [0.4, 0.5) is 5.13 Å². The van der Waals surface area contributed by atoms with Crippen molar-refractivity contribution in [3.63, 3.8) is 0 Å². The SMILES string of the molecule is COc1cccc2sc(N(CCCN(C)C)C(=O)c3ccc(Br)s3)nc12. The summed E-state index contributed by atoms with van der Waals surface area (Å²) in [4.78, 5) is 22.4. The number of hydrogen-bond donors (Lipinski definition) is 0. The highest BCUT2D eigenvalue weighted by Crippen LogP contribution is 2.35. The lowest BCUT2D eigenvalue weighted by Gasteiger charge is -2.20. The highest BCUT2D eigenvalue weighted by molar-refractivity contribution is 9.11. The molecule has 2 heterocycles. The van der Waals surface area contributed by atoms with Crippen molar-refractivity contribution < 1.29 is 9.53 Å². The number of thiazole rings is 1. The van der Waals surface area contributed by atoms with Gasteiger partial charge in [-0.25, -0.2) is 4.98 Å². The third-order valence-electron chi connectivity index (χ3n) is 3.84. The van der Waals surface area contributed by atoms with Crippen molar-refractivity contribution in [1.29, 1.82) is 0 Å². The molecule has 0 aliphatic rings. The fourth-order valence-corrected chi connectivity index (χ4v) is 4.93. The smallest absolute Gasteiger partial charge is 0.270 e. The van der Waals surface area contributed by atoms with Crippen LogP contribution in [0.1, 0.15) is 16.1 Å². The molecule has 0 fully saturated rings. The number of fused-ring (bicyclic) bond motifs is 1. The van der Waals surface area contributed by atoms with Crippen LogP contribution in [-0.4, -0.2) is 50.1 Å². The second-order valence-corrected chi connectivity index (χ2v) is 9.49. The van der Waals surface area contributed by atoms with E-state index < -0.39 is 0 Å². The van der Waals surface area contributed by atoms with Crippen molar-refractivity contribution in [3.05, 3.63) is 39.0 Å². The summed E-state index contributed by atoms with van der Waals surface area (Å²) in [6.45, 7) is 1.53. The third kappa shape index (κ3) is 4.25.